The van der Waals surface area contributed by atoms with Gasteiger partial charge in [-0.15, -0.1) is 0 Å². The van der Waals surface area contributed by atoms with Gasteiger partial charge in [-0.25, -0.2) is 4.79 Å². The maximum atomic E-state index is 10.8. The summed E-state index contributed by atoms with van der Waals surface area (Å²) in [5, 5.41) is 0. The first-order chi connectivity index (χ1) is 8.63. The summed E-state index contributed by atoms with van der Waals surface area (Å²) in [6.45, 7) is 4.93. The molecular formula is C14H22N2O2. The molecule has 0 radical (unpaired) electrons. The second-order valence-corrected chi connectivity index (χ2v) is 4.46. The monoisotopic (exact) mass is 250 g/mol. The number of rotatable bonds is 1. The van der Waals surface area contributed by atoms with Crippen molar-refractivity contribution in [2.75, 3.05) is 47.4 Å². The van der Waals surface area contributed by atoms with Crippen LogP contribution in [-0.2, 0) is 4.74 Å². The molecule has 18 heavy (non-hydrogen) atoms. The number of benzene rings is 1. The van der Waals surface area contributed by atoms with E-state index in [1.54, 1.807) is 24.3 Å². The van der Waals surface area contributed by atoms with E-state index in [1.165, 1.54) is 33.3 Å². The highest BCUT2D eigenvalue weighted by Crippen LogP contribution is 1.98. The number of ether oxygens (including phenoxy) is 1. The van der Waals surface area contributed by atoms with Crippen LogP contribution in [-0.4, -0.2) is 63.2 Å². The lowest BCUT2D eigenvalue weighted by Gasteiger charge is -2.28. The standard InChI is InChI=1S/C8H8O2.C6H14N2/c1-10-8(9)7-5-3-2-4-6-7;1-7-3-5-8(2)6-4-7/h2-6H,1H3;3-6H2,1-2H3. The maximum absolute atomic E-state index is 10.8. The summed E-state index contributed by atoms with van der Waals surface area (Å²) in [4.78, 5) is 15.5. The molecule has 0 aliphatic carbocycles. The second kappa shape index (κ2) is 7.84. The van der Waals surface area contributed by atoms with Crippen molar-refractivity contribution in [1.82, 2.24) is 9.80 Å². The molecule has 0 aromatic heterocycles. The zero-order valence-electron chi connectivity index (χ0n) is 11.4. The van der Waals surface area contributed by atoms with Crippen LogP contribution in [0.5, 0.6) is 0 Å². The Morgan fingerprint density at radius 1 is 1.00 bits per heavy atom. The molecule has 1 aromatic rings. The molecule has 100 valence electrons. The summed E-state index contributed by atoms with van der Waals surface area (Å²) in [6, 6.07) is 8.88. The first-order valence-electron chi connectivity index (χ1n) is 6.14. The van der Waals surface area contributed by atoms with Gasteiger partial charge in [0.25, 0.3) is 0 Å². The maximum Gasteiger partial charge on any atom is 0.337 e. The molecule has 1 fully saturated rings. The van der Waals surface area contributed by atoms with Crippen molar-refractivity contribution >= 4 is 5.97 Å². The van der Waals surface area contributed by atoms with E-state index in [4.69, 9.17) is 0 Å². The van der Waals surface area contributed by atoms with Crippen molar-refractivity contribution in [1.29, 1.82) is 0 Å². The third-order valence-corrected chi connectivity index (χ3v) is 2.92. The molecular weight excluding hydrogens is 228 g/mol. The Bertz CT molecular complexity index is 336. The van der Waals surface area contributed by atoms with Gasteiger partial charge in [-0.2, -0.15) is 0 Å². The first kappa shape index (κ1) is 14.7. The average molecular weight is 250 g/mol. The topological polar surface area (TPSA) is 32.8 Å². The molecule has 1 aliphatic rings. The minimum atomic E-state index is -0.291. The molecule has 0 unspecified atom stereocenters. The third kappa shape index (κ3) is 5.29. The van der Waals surface area contributed by atoms with Gasteiger partial charge in [-0.05, 0) is 26.2 Å². The van der Waals surface area contributed by atoms with E-state index < -0.39 is 0 Å². The van der Waals surface area contributed by atoms with E-state index in [2.05, 4.69) is 28.6 Å². The van der Waals surface area contributed by atoms with E-state index in [0.717, 1.165) is 0 Å². The number of carbonyl (C=O) groups excluding carboxylic acids is 1. The fourth-order valence-corrected chi connectivity index (χ4v) is 1.60. The molecule has 0 bridgehead atoms. The Hall–Kier alpha value is -1.39. The zero-order chi connectivity index (χ0) is 13.4. The summed E-state index contributed by atoms with van der Waals surface area (Å²) in [6.07, 6.45) is 0. The highest BCUT2D eigenvalue weighted by atomic mass is 16.5. The quantitative estimate of drug-likeness (QED) is 0.704. The molecule has 0 atom stereocenters. The molecule has 4 heteroatoms. The predicted octanol–water partition coefficient (Wildman–Crippen LogP) is 1.34. The Morgan fingerprint density at radius 3 is 1.83 bits per heavy atom. The number of hydrogen-bond donors (Lipinski definition) is 0. The van der Waals surface area contributed by atoms with E-state index in [1.807, 2.05) is 6.07 Å². The van der Waals surface area contributed by atoms with Crippen molar-refractivity contribution < 1.29 is 9.53 Å². The van der Waals surface area contributed by atoms with E-state index in [0.29, 0.717) is 5.56 Å². The Balaban J connectivity index is 0.000000184. The van der Waals surface area contributed by atoms with Crippen LogP contribution in [0.2, 0.25) is 0 Å². The van der Waals surface area contributed by atoms with Crippen LogP contribution in [0.4, 0.5) is 0 Å². The largest absolute Gasteiger partial charge is 0.465 e. The highest BCUT2D eigenvalue weighted by molar-refractivity contribution is 5.89. The van der Waals surface area contributed by atoms with E-state index in [9.17, 15) is 4.79 Å². The van der Waals surface area contributed by atoms with Crippen LogP contribution in [0.1, 0.15) is 10.4 Å². The van der Waals surface area contributed by atoms with Crippen molar-refractivity contribution in [2.24, 2.45) is 0 Å². The van der Waals surface area contributed by atoms with Gasteiger partial charge in [-0.3, -0.25) is 0 Å². The van der Waals surface area contributed by atoms with Crippen LogP contribution in [0, 0.1) is 0 Å². The molecule has 2 rings (SSSR count). The summed E-state index contributed by atoms with van der Waals surface area (Å²) in [5.41, 5.74) is 0.588. The van der Waals surface area contributed by atoms with Gasteiger partial charge in [-0.1, -0.05) is 18.2 Å². The summed E-state index contributed by atoms with van der Waals surface area (Å²) in [5.74, 6) is -0.291. The normalized spacial score (nSPS) is 16.6. The molecule has 0 amide bonds. The lowest BCUT2D eigenvalue weighted by Crippen LogP contribution is -2.42. The fraction of sp³-hybridized carbons (Fsp3) is 0.500. The van der Waals surface area contributed by atoms with Crippen LogP contribution < -0.4 is 0 Å². The minimum absolute atomic E-state index is 0.291. The minimum Gasteiger partial charge on any atom is -0.465 e. The molecule has 0 N–H and O–H groups in total. The predicted molar refractivity (Wildman–Crippen MR) is 72.8 cm³/mol. The Labute approximate surface area is 109 Å². The van der Waals surface area contributed by atoms with Crippen LogP contribution in [0.3, 0.4) is 0 Å². The van der Waals surface area contributed by atoms with Crippen molar-refractivity contribution in [3.8, 4) is 0 Å². The van der Waals surface area contributed by atoms with Crippen LogP contribution in [0.25, 0.3) is 0 Å². The van der Waals surface area contributed by atoms with E-state index >= 15 is 0 Å². The third-order valence-electron chi connectivity index (χ3n) is 2.92. The van der Waals surface area contributed by atoms with Crippen molar-refractivity contribution in [3.05, 3.63) is 35.9 Å². The molecule has 1 aliphatic heterocycles. The summed E-state index contributed by atoms with van der Waals surface area (Å²) >= 11 is 0. The Morgan fingerprint density at radius 2 is 1.44 bits per heavy atom. The van der Waals surface area contributed by atoms with Crippen LogP contribution in [0.15, 0.2) is 30.3 Å². The van der Waals surface area contributed by atoms with Crippen molar-refractivity contribution in [3.63, 3.8) is 0 Å². The summed E-state index contributed by atoms with van der Waals surface area (Å²) < 4.78 is 4.50. The highest BCUT2D eigenvalue weighted by Gasteiger charge is 2.07. The van der Waals surface area contributed by atoms with Gasteiger partial charge >= 0.3 is 5.97 Å². The molecule has 0 spiro atoms. The molecule has 1 aromatic carbocycles. The number of methoxy groups -OCH3 is 1. The zero-order valence-corrected chi connectivity index (χ0v) is 11.4. The number of likely N-dealkylation sites (N-methyl/N-ethyl adjacent to an activating group) is 2. The summed E-state index contributed by atoms with van der Waals surface area (Å²) in [7, 11) is 5.72. The number of esters is 1. The number of nitrogens with zero attached hydrogens (tertiary/aromatic N) is 2. The SMILES string of the molecule is CN1CCN(C)CC1.COC(=O)c1ccccc1. The van der Waals surface area contributed by atoms with Crippen LogP contribution >= 0.6 is 0 Å². The number of hydrogen-bond acceptors (Lipinski definition) is 4. The van der Waals surface area contributed by atoms with Gasteiger partial charge < -0.3 is 14.5 Å². The van der Waals surface area contributed by atoms with Gasteiger partial charge in [0, 0.05) is 26.2 Å². The number of carbonyl (C=O) groups is 1. The molecule has 1 heterocycles. The molecule has 0 saturated carbocycles. The second-order valence-electron chi connectivity index (χ2n) is 4.46. The smallest absolute Gasteiger partial charge is 0.337 e. The van der Waals surface area contributed by atoms with Crippen molar-refractivity contribution in [2.45, 2.75) is 0 Å². The average Bonchev–Trinajstić information content (AvgIpc) is 2.43. The number of piperazine rings is 1. The van der Waals surface area contributed by atoms with E-state index in [-0.39, 0.29) is 5.97 Å². The Kier molecular flexibility index (Phi) is 6.39. The molecule has 4 nitrogen and oxygen atoms in total. The molecule has 1 saturated heterocycles. The lowest BCUT2D eigenvalue weighted by molar-refractivity contribution is 0.0601. The van der Waals surface area contributed by atoms with Gasteiger partial charge in [0.1, 0.15) is 0 Å². The fourth-order valence-electron chi connectivity index (χ4n) is 1.60. The van der Waals surface area contributed by atoms with Gasteiger partial charge in [0.2, 0.25) is 0 Å². The van der Waals surface area contributed by atoms with Gasteiger partial charge in [0.15, 0.2) is 0 Å². The lowest BCUT2D eigenvalue weighted by atomic mass is 10.2. The first-order valence-corrected chi connectivity index (χ1v) is 6.14. The van der Waals surface area contributed by atoms with Gasteiger partial charge in [0.05, 0.1) is 12.7 Å².